The van der Waals surface area contributed by atoms with Crippen molar-refractivity contribution >= 4 is 106 Å². The Morgan fingerprint density at radius 2 is 1.25 bits per heavy atom. The fourth-order valence-electron chi connectivity index (χ4n) is 11.4. The van der Waals surface area contributed by atoms with E-state index >= 15 is 0 Å². The first kappa shape index (κ1) is 36.9. The largest absolute Gasteiger partial charge is 0.456 e. The molecule has 0 fully saturated rings. The van der Waals surface area contributed by atoms with Crippen molar-refractivity contribution in [3.05, 3.63) is 157 Å². The normalized spacial score (nSPS) is 13.7. The van der Waals surface area contributed by atoms with Gasteiger partial charge in [0, 0.05) is 79.2 Å². The molecule has 4 aromatic heterocycles. The molecule has 0 spiro atoms. The lowest BCUT2D eigenvalue weighted by atomic mass is 9.43. The third kappa shape index (κ3) is 4.88. The molecule has 0 bridgehead atoms. The highest BCUT2D eigenvalue weighted by atomic mass is 16.3. The fourth-order valence-corrected chi connectivity index (χ4v) is 11.4. The number of fused-ring (bicyclic) bond motifs is 17. The topological polar surface area (TPSA) is 52.3 Å². The summed E-state index contributed by atoms with van der Waals surface area (Å²) in [4.78, 5) is 8.00. The molecule has 2 aliphatic rings. The zero-order chi connectivity index (χ0) is 43.8. The minimum Gasteiger partial charge on any atom is -0.456 e. The van der Waals surface area contributed by atoms with E-state index < -0.39 is 0 Å². The molecule has 14 rings (SSSR count). The minimum absolute atomic E-state index is 0.00420. The quantitative estimate of drug-likeness (QED) is 0.163. The first-order valence-electron chi connectivity index (χ1n) is 22.8. The second kappa shape index (κ2) is 12.4. The smallest absolute Gasteiger partial charge is 0.333 e. The number of aromatic nitrogens is 3. The molecule has 0 aliphatic carbocycles. The Morgan fingerprint density at radius 3 is 2.00 bits per heavy atom. The molecule has 7 heteroatoms. The number of nitrogens with zero attached hydrogens (tertiary/aromatic N) is 4. The van der Waals surface area contributed by atoms with Crippen LogP contribution in [0, 0.1) is 0 Å². The van der Waals surface area contributed by atoms with Gasteiger partial charge in [-0.2, -0.15) is 0 Å². The van der Waals surface area contributed by atoms with Crippen molar-refractivity contribution in [2.24, 2.45) is 7.05 Å². The lowest BCUT2D eigenvalue weighted by molar-refractivity contribution is 0.590. The molecular weight excluding hydrogens is 795 g/mol. The fraction of sp³-hybridized carbons (Fsp3) is 0.155. The van der Waals surface area contributed by atoms with E-state index in [1.807, 2.05) is 0 Å². The first-order chi connectivity index (χ1) is 31.4. The van der Waals surface area contributed by atoms with Gasteiger partial charge in [-0.1, -0.05) is 126 Å². The zero-order valence-corrected chi connectivity index (χ0v) is 37.5. The molecule has 6 heterocycles. The Balaban J connectivity index is 1.22. The molecule has 6 nitrogen and oxygen atoms in total. The number of hydrogen-bond acceptors (Lipinski definition) is 4. The summed E-state index contributed by atoms with van der Waals surface area (Å²) >= 11 is 0. The lowest BCUT2D eigenvalue weighted by Crippen LogP contribution is -2.60. The van der Waals surface area contributed by atoms with Crippen LogP contribution in [0.1, 0.15) is 52.7 Å². The SMILES string of the molecule is Cn1c(-c2ccccc2)nc2cc3c(cc21)-n1c2ccc(C(C)(C)C)cc2c2c4c(oc5ccccc54)c4c(c21)B3N(c1ccc(C(C)(C)C)cc1)c1cc2oc3ccccc3c2cc1-4. The molecule has 65 heavy (non-hydrogen) atoms. The van der Waals surface area contributed by atoms with Crippen LogP contribution in [-0.4, -0.2) is 21.0 Å². The van der Waals surface area contributed by atoms with Crippen LogP contribution >= 0.6 is 0 Å². The number of rotatable bonds is 2. The summed E-state index contributed by atoms with van der Waals surface area (Å²) in [5.74, 6) is 0.943. The van der Waals surface area contributed by atoms with Gasteiger partial charge < -0.3 is 22.8 Å². The Labute approximate surface area is 376 Å². The standard InChI is InChI=1S/C58H45BN4O2/c1-57(2,3)33-21-24-35(25-22-33)63-44-31-49-38(36-17-11-13-19-47(36)64-49)28-40(44)52-53-54-50(51-37-18-12-14-20-48(37)65-55(51)52)39-27-34(58(4,5)6)23-26-43(39)62(54)45-30-46-42(29-41(45)59(53)63)60-56(61(46)7)32-15-9-8-10-16-32/h8-31H,1-7H3. The summed E-state index contributed by atoms with van der Waals surface area (Å²) in [6.07, 6.45) is 0. The van der Waals surface area contributed by atoms with E-state index in [-0.39, 0.29) is 17.7 Å². The van der Waals surface area contributed by atoms with E-state index in [4.69, 9.17) is 13.8 Å². The van der Waals surface area contributed by atoms with E-state index in [2.05, 4.69) is 208 Å². The maximum Gasteiger partial charge on any atom is 0.333 e. The number of para-hydroxylation sites is 2. The second-order valence-corrected chi connectivity index (χ2v) is 20.4. The summed E-state index contributed by atoms with van der Waals surface area (Å²) in [5, 5.41) is 6.94. The number of hydrogen-bond donors (Lipinski definition) is 0. The van der Waals surface area contributed by atoms with E-state index in [9.17, 15) is 0 Å². The predicted octanol–water partition coefficient (Wildman–Crippen LogP) is 14.0. The molecule has 2 aliphatic heterocycles. The Kier molecular flexibility index (Phi) is 7.04. The molecule has 8 aromatic carbocycles. The number of furan rings is 2. The molecule has 0 saturated carbocycles. The zero-order valence-electron chi connectivity index (χ0n) is 37.5. The van der Waals surface area contributed by atoms with Gasteiger partial charge in [0.05, 0.1) is 22.1 Å². The summed E-state index contributed by atoms with van der Waals surface area (Å²) in [6, 6.07) is 53.4. The van der Waals surface area contributed by atoms with Gasteiger partial charge in [-0.15, -0.1) is 0 Å². The molecule has 0 atom stereocenters. The molecule has 12 aromatic rings. The van der Waals surface area contributed by atoms with Crippen LogP contribution in [0.25, 0.3) is 105 Å². The van der Waals surface area contributed by atoms with Gasteiger partial charge in [0.15, 0.2) is 0 Å². The average Bonchev–Trinajstić information content (AvgIpc) is 4.05. The molecule has 0 radical (unpaired) electrons. The van der Waals surface area contributed by atoms with Crippen molar-refractivity contribution in [3.63, 3.8) is 0 Å². The van der Waals surface area contributed by atoms with Crippen LogP contribution in [0.2, 0.25) is 0 Å². The van der Waals surface area contributed by atoms with Crippen molar-refractivity contribution in [3.8, 4) is 28.2 Å². The number of benzene rings is 8. The summed E-state index contributed by atoms with van der Waals surface area (Å²) in [6.45, 7) is 13.5. The van der Waals surface area contributed by atoms with Crippen LogP contribution in [0.4, 0.5) is 11.4 Å². The van der Waals surface area contributed by atoms with Crippen LogP contribution in [0.15, 0.2) is 154 Å². The molecule has 312 valence electrons. The third-order valence-corrected chi connectivity index (χ3v) is 14.6. The van der Waals surface area contributed by atoms with E-state index in [1.165, 1.54) is 43.9 Å². The second-order valence-electron chi connectivity index (χ2n) is 20.4. The summed E-state index contributed by atoms with van der Waals surface area (Å²) in [7, 11) is 2.15. The monoisotopic (exact) mass is 840 g/mol. The van der Waals surface area contributed by atoms with E-state index in [1.54, 1.807) is 0 Å². The first-order valence-corrected chi connectivity index (χ1v) is 22.8. The number of anilines is 2. The minimum atomic E-state index is -0.250. The molecular formula is C58H45BN4O2. The highest BCUT2D eigenvalue weighted by molar-refractivity contribution is 6.94. The molecule has 0 amide bonds. The van der Waals surface area contributed by atoms with Gasteiger partial charge in [-0.05, 0) is 87.5 Å². The number of imidazole rings is 1. The lowest BCUT2D eigenvalue weighted by Gasteiger charge is -2.42. The van der Waals surface area contributed by atoms with Crippen molar-refractivity contribution < 1.29 is 8.83 Å². The van der Waals surface area contributed by atoms with Crippen molar-refractivity contribution in [2.75, 3.05) is 4.81 Å². The Morgan fingerprint density at radius 1 is 0.554 bits per heavy atom. The van der Waals surface area contributed by atoms with Crippen molar-refractivity contribution in [1.82, 2.24) is 14.1 Å². The molecule has 0 saturated heterocycles. The summed E-state index contributed by atoms with van der Waals surface area (Å²) in [5.41, 5.74) is 19.7. The number of aryl methyl sites for hydroxylation is 1. The third-order valence-electron chi connectivity index (χ3n) is 14.6. The van der Waals surface area contributed by atoms with Gasteiger partial charge >= 0.3 is 6.85 Å². The highest BCUT2D eigenvalue weighted by Gasteiger charge is 2.47. The van der Waals surface area contributed by atoms with Gasteiger partial charge in [0.2, 0.25) is 0 Å². The van der Waals surface area contributed by atoms with Gasteiger partial charge in [-0.3, -0.25) is 0 Å². The van der Waals surface area contributed by atoms with Crippen LogP contribution in [0.3, 0.4) is 0 Å². The maximum absolute atomic E-state index is 7.28. The average molecular weight is 841 g/mol. The van der Waals surface area contributed by atoms with Gasteiger partial charge in [0.1, 0.15) is 28.2 Å². The maximum atomic E-state index is 7.28. The Bertz CT molecular complexity index is 4040. The van der Waals surface area contributed by atoms with Gasteiger partial charge in [-0.25, -0.2) is 4.98 Å². The van der Waals surface area contributed by atoms with Crippen LogP contribution < -0.4 is 15.7 Å². The van der Waals surface area contributed by atoms with Crippen LogP contribution in [-0.2, 0) is 17.9 Å². The van der Waals surface area contributed by atoms with Crippen molar-refractivity contribution in [2.45, 2.75) is 52.4 Å². The van der Waals surface area contributed by atoms with Crippen LogP contribution in [0.5, 0.6) is 0 Å². The molecule has 0 unspecified atom stereocenters. The highest BCUT2D eigenvalue weighted by Crippen LogP contribution is 2.53. The van der Waals surface area contributed by atoms with E-state index in [0.29, 0.717) is 0 Å². The van der Waals surface area contributed by atoms with Gasteiger partial charge in [0.25, 0.3) is 0 Å². The summed E-state index contributed by atoms with van der Waals surface area (Å²) < 4.78 is 18.9. The predicted molar refractivity (Wildman–Crippen MR) is 271 cm³/mol. The van der Waals surface area contributed by atoms with E-state index in [0.717, 1.165) is 94.5 Å². The van der Waals surface area contributed by atoms with Crippen molar-refractivity contribution in [1.29, 1.82) is 0 Å². The Hall–Kier alpha value is -7.51. The molecule has 0 N–H and O–H groups in total.